The molecule has 0 amide bonds. The average molecular weight is 421 g/mol. The molecule has 1 aliphatic heterocycles. The van der Waals surface area contributed by atoms with Crippen LogP contribution in [0.15, 0.2) is 67.0 Å². The SMILES string of the molecule is CC1(C)CCCN1c1cccc(Nc2cc(-c3ccccc3)nn3ccnc23)n1.Cl. The Morgan fingerprint density at radius 2 is 1.87 bits per heavy atom. The summed E-state index contributed by atoms with van der Waals surface area (Å²) in [5.74, 6) is 1.81. The van der Waals surface area contributed by atoms with Crippen LogP contribution in [0.25, 0.3) is 16.9 Å². The van der Waals surface area contributed by atoms with Crippen molar-refractivity contribution < 1.29 is 0 Å². The van der Waals surface area contributed by atoms with Crippen molar-refractivity contribution in [2.24, 2.45) is 0 Å². The molecule has 1 saturated heterocycles. The molecule has 1 N–H and O–H groups in total. The maximum atomic E-state index is 4.90. The first-order chi connectivity index (χ1) is 14.1. The summed E-state index contributed by atoms with van der Waals surface area (Å²) in [4.78, 5) is 11.8. The third-order valence-electron chi connectivity index (χ3n) is 5.60. The van der Waals surface area contributed by atoms with Gasteiger partial charge in [0, 0.05) is 30.0 Å². The largest absolute Gasteiger partial charge is 0.351 e. The molecule has 1 aromatic carbocycles. The number of pyridine rings is 1. The van der Waals surface area contributed by atoms with Crippen LogP contribution in [0, 0.1) is 0 Å². The van der Waals surface area contributed by atoms with Gasteiger partial charge in [-0.2, -0.15) is 5.10 Å². The minimum Gasteiger partial charge on any atom is -0.351 e. The number of benzene rings is 1. The maximum absolute atomic E-state index is 4.90. The summed E-state index contributed by atoms with van der Waals surface area (Å²) < 4.78 is 1.80. The van der Waals surface area contributed by atoms with Crippen molar-refractivity contribution >= 4 is 35.4 Å². The average Bonchev–Trinajstić information content (AvgIpc) is 3.34. The zero-order valence-electron chi connectivity index (χ0n) is 17.1. The van der Waals surface area contributed by atoms with Gasteiger partial charge in [0.05, 0.1) is 11.4 Å². The highest BCUT2D eigenvalue weighted by molar-refractivity contribution is 5.85. The quantitative estimate of drug-likeness (QED) is 0.483. The van der Waals surface area contributed by atoms with Crippen LogP contribution in [0.3, 0.4) is 0 Å². The number of imidazole rings is 1. The summed E-state index contributed by atoms with van der Waals surface area (Å²) in [6.07, 6.45) is 6.01. The first-order valence-corrected chi connectivity index (χ1v) is 10.0. The van der Waals surface area contributed by atoms with Crippen LogP contribution in [0.5, 0.6) is 0 Å². The molecule has 0 bridgehead atoms. The van der Waals surface area contributed by atoms with E-state index in [1.54, 1.807) is 10.7 Å². The Kier molecular flexibility index (Phi) is 5.35. The van der Waals surface area contributed by atoms with Crippen LogP contribution in [-0.2, 0) is 0 Å². The number of hydrogen-bond donors (Lipinski definition) is 1. The molecule has 1 fully saturated rings. The summed E-state index contributed by atoms with van der Waals surface area (Å²) in [6, 6.07) is 18.3. The Labute approximate surface area is 182 Å². The van der Waals surface area contributed by atoms with Gasteiger partial charge in [0.2, 0.25) is 0 Å². The van der Waals surface area contributed by atoms with Gasteiger partial charge in [-0.3, -0.25) is 0 Å². The summed E-state index contributed by atoms with van der Waals surface area (Å²) >= 11 is 0. The van der Waals surface area contributed by atoms with E-state index in [1.165, 1.54) is 12.8 Å². The smallest absolute Gasteiger partial charge is 0.177 e. The van der Waals surface area contributed by atoms with E-state index in [0.29, 0.717) is 0 Å². The van der Waals surface area contributed by atoms with Crippen LogP contribution in [0.2, 0.25) is 0 Å². The summed E-state index contributed by atoms with van der Waals surface area (Å²) in [7, 11) is 0. The molecule has 0 spiro atoms. The Hall–Kier alpha value is -3.12. The first kappa shape index (κ1) is 20.2. The van der Waals surface area contributed by atoms with Gasteiger partial charge < -0.3 is 10.2 Å². The van der Waals surface area contributed by atoms with E-state index in [9.17, 15) is 0 Å². The van der Waals surface area contributed by atoms with E-state index in [-0.39, 0.29) is 17.9 Å². The molecule has 7 heteroatoms. The molecule has 4 heterocycles. The molecule has 154 valence electrons. The van der Waals surface area contributed by atoms with Crippen molar-refractivity contribution in [1.29, 1.82) is 0 Å². The third kappa shape index (κ3) is 3.71. The summed E-state index contributed by atoms with van der Waals surface area (Å²) in [5, 5.41) is 8.17. The van der Waals surface area contributed by atoms with E-state index < -0.39 is 0 Å². The first-order valence-electron chi connectivity index (χ1n) is 10.0. The normalized spacial score (nSPS) is 15.2. The molecule has 6 nitrogen and oxygen atoms in total. The number of halogens is 1. The zero-order chi connectivity index (χ0) is 19.8. The van der Waals surface area contributed by atoms with E-state index in [1.807, 2.05) is 36.5 Å². The van der Waals surface area contributed by atoms with Crippen LogP contribution in [0.1, 0.15) is 26.7 Å². The third-order valence-corrected chi connectivity index (χ3v) is 5.60. The molecule has 0 aliphatic carbocycles. The van der Waals surface area contributed by atoms with Crippen molar-refractivity contribution in [1.82, 2.24) is 19.6 Å². The molecule has 4 aromatic rings. The maximum Gasteiger partial charge on any atom is 0.177 e. The van der Waals surface area contributed by atoms with Crippen LogP contribution in [-0.4, -0.2) is 31.7 Å². The van der Waals surface area contributed by atoms with E-state index in [0.717, 1.165) is 40.8 Å². The second kappa shape index (κ2) is 7.95. The number of nitrogens with zero attached hydrogens (tertiary/aromatic N) is 5. The number of fused-ring (bicyclic) bond motifs is 1. The highest BCUT2D eigenvalue weighted by Gasteiger charge is 2.32. The molecule has 30 heavy (non-hydrogen) atoms. The molecule has 5 rings (SSSR count). The second-order valence-corrected chi connectivity index (χ2v) is 8.08. The Balaban J connectivity index is 0.00000218. The Morgan fingerprint density at radius 1 is 1.03 bits per heavy atom. The lowest BCUT2D eigenvalue weighted by molar-refractivity contribution is 0.514. The van der Waals surface area contributed by atoms with Gasteiger partial charge in [0.25, 0.3) is 0 Å². The van der Waals surface area contributed by atoms with E-state index in [2.05, 4.69) is 53.3 Å². The Morgan fingerprint density at radius 3 is 2.63 bits per heavy atom. The lowest BCUT2D eigenvalue weighted by atomic mass is 10.0. The monoisotopic (exact) mass is 420 g/mol. The fourth-order valence-corrected chi connectivity index (χ4v) is 4.07. The van der Waals surface area contributed by atoms with E-state index in [4.69, 9.17) is 10.1 Å². The van der Waals surface area contributed by atoms with Gasteiger partial charge in [-0.25, -0.2) is 14.5 Å². The fourth-order valence-electron chi connectivity index (χ4n) is 4.07. The van der Waals surface area contributed by atoms with Crippen LogP contribution in [0.4, 0.5) is 17.3 Å². The molecule has 0 atom stereocenters. The molecule has 0 saturated carbocycles. The number of hydrogen-bond acceptors (Lipinski definition) is 5. The highest BCUT2D eigenvalue weighted by Crippen LogP contribution is 2.33. The standard InChI is InChI=1S/C23H24N6.ClH/c1-23(2)12-7-14-28(23)21-11-6-10-20(26-21)25-19-16-18(17-8-4-3-5-9-17)27-29-15-13-24-22(19)29;/h3-6,8-11,13,15-16H,7,12,14H2,1-2H3,(H,25,26);1H. The predicted molar refractivity (Wildman–Crippen MR) is 124 cm³/mol. The van der Waals surface area contributed by atoms with Crippen molar-refractivity contribution in [3.63, 3.8) is 0 Å². The number of anilines is 3. The van der Waals surface area contributed by atoms with Gasteiger partial charge in [0.1, 0.15) is 11.6 Å². The van der Waals surface area contributed by atoms with Crippen molar-refractivity contribution in [3.8, 4) is 11.3 Å². The van der Waals surface area contributed by atoms with Gasteiger partial charge in [-0.15, -0.1) is 12.4 Å². The number of aromatic nitrogens is 4. The predicted octanol–water partition coefficient (Wildman–Crippen LogP) is 5.34. The van der Waals surface area contributed by atoms with Crippen molar-refractivity contribution in [2.45, 2.75) is 32.2 Å². The van der Waals surface area contributed by atoms with Gasteiger partial charge in [-0.05, 0) is 44.9 Å². The molecule has 0 unspecified atom stereocenters. The topological polar surface area (TPSA) is 58.4 Å². The number of rotatable bonds is 4. The number of nitrogens with one attached hydrogen (secondary N) is 1. The van der Waals surface area contributed by atoms with Gasteiger partial charge in [0.15, 0.2) is 5.65 Å². The lowest BCUT2D eigenvalue weighted by Crippen LogP contribution is -2.38. The van der Waals surface area contributed by atoms with Crippen molar-refractivity contribution in [2.75, 3.05) is 16.8 Å². The van der Waals surface area contributed by atoms with Crippen molar-refractivity contribution in [3.05, 3.63) is 67.0 Å². The molecule has 0 radical (unpaired) electrons. The summed E-state index contributed by atoms with van der Waals surface area (Å²) in [6.45, 7) is 5.61. The minimum absolute atomic E-state index is 0. The van der Waals surface area contributed by atoms with Crippen LogP contribution < -0.4 is 10.2 Å². The molecular formula is C23H25ClN6. The highest BCUT2D eigenvalue weighted by atomic mass is 35.5. The van der Waals surface area contributed by atoms with E-state index >= 15 is 0 Å². The van der Waals surface area contributed by atoms with Crippen LogP contribution >= 0.6 is 12.4 Å². The minimum atomic E-state index is 0. The van der Waals surface area contributed by atoms with Gasteiger partial charge >= 0.3 is 0 Å². The molecule has 3 aromatic heterocycles. The second-order valence-electron chi connectivity index (χ2n) is 8.08. The van der Waals surface area contributed by atoms with Gasteiger partial charge in [-0.1, -0.05) is 36.4 Å². The fraction of sp³-hybridized carbons (Fsp3) is 0.261. The zero-order valence-corrected chi connectivity index (χ0v) is 17.9. The Bertz CT molecular complexity index is 1150. The molecule has 1 aliphatic rings. The lowest BCUT2D eigenvalue weighted by Gasteiger charge is -2.32. The molecular weight excluding hydrogens is 396 g/mol. The summed E-state index contributed by atoms with van der Waals surface area (Å²) in [5.41, 5.74) is 3.74.